The molecular weight excluding hydrogens is 416 g/mol. The van der Waals surface area contributed by atoms with Gasteiger partial charge in [0.2, 0.25) is 15.9 Å². The molecule has 8 heteroatoms. The molecule has 0 spiro atoms. The summed E-state index contributed by atoms with van der Waals surface area (Å²) in [5, 5.41) is 0. The summed E-state index contributed by atoms with van der Waals surface area (Å²) in [7, 11) is 1.42. The van der Waals surface area contributed by atoms with E-state index in [4.69, 9.17) is 9.47 Å². The Morgan fingerprint density at radius 2 is 1.71 bits per heavy atom. The highest BCUT2D eigenvalue weighted by molar-refractivity contribution is 7.92. The molecule has 0 saturated carbocycles. The zero-order valence-electron chi connectivity index (χ0n) is 19.1. The van der Waals surface area contributed by atoms with Crippen LogP contribution in [-0.4, -0.2) is 53.3 Å². The van der Waals surface area contributed by atoms with E-state index in [1.54, 1.807) is 38.3 Å². The zero-order valence-corrected chi connectivity index (χ0v) is 20.0. The van der Waals surface area contributed by atoms with Gasteiger partial charge in [0.25, 0.3) is 0 Å². The third-order valence-electron chi connectivity index (χ3n) is 5.29. The number of ether oxygens (including phenoxy) is 2. The van der Waals surface area contributed by atoms with Gasteiger partial charge >= 0.3 is 0 Å². The lowest BCUT2D eigenvalue weighted by molar-refractivity contribution is -0.130. The Kier molecular flexibility index (Phi) is 8.33. The number of carbonyl (C=O) groups excluding carboxylic acids is 1. The van der Waals surface area contributed by atoms with Gasteiger partial charge in [-0.3, -0.25) is 9.10 Å². The predicted molar refractivity (Wildman–Crippen MR) is 123 cm³/mol. The molecule has 0 saturated heterocycles. The second-order valence-electron chi connectivity index (χ2n) is 7.60. The Bertz CT molecular complexity index is 1020. The minimum atomic E-state index is -3.46. The normalized spacial score (nSPS) is 11.2. The standard InChI is InChI=1S/C23H32N2O5S/c1-17-9-7-10-20(18(17)2)25(31(6,27)28)14-8-11-23(26)24(3)16-19-12-13-21(29-4)22(15-19)30-5/h7,9-10,12-13,15H,8,11,14,16H2,1-6H3. The van der Waals surface area contributed by atoms with Crippen LogP contribution in [0.4, 0.5) is 5.69 Å². The number of nitrogens with zero attached hydrogens (tertiary/aromatic N) is 2. The maximum Gasteiger partial charge on any atom is 0.232 e. The first-order valence-electron chi connectivity index (χ1n) is 10.1. The highest BCUT2D eigenvalue weighted by atomic mass is 32.2. The maximum atomic E-state index is 12.6. The number of rotatable bonds is 10. The largest absolute Gasteiger partial charge is 0.493 e. The highest BCUT2D eigenvalue weighted by Crippen LogP contribution is 2.28. The van der Waals surface area contributed by atoms with Crippen LogP contribution in [0.2, 0.25) is 0 Å². The first kappa shape index (κ1) is 24.5. The van der Waals surface area contributed by atoms with Gasteiger partial charge in [-0.25, -0.2) is 8.42 Å². The fraction of sp³-hybridized carbons (Fsp3) is 0.435. The van der Waals surface area contributed by atoms with Crippen molar-refractivity contribution >= 4 is 21.6 Å². The summed E-state index contributed by atoms with van der Waals surface area (Å²) < 4.78 is 36.7. The fourth-order valence-corrected chi connectivity index (χ4v) is 4.39. The Morgan fingerprint density at radius 1 is 1.03 bits per heavy atom. The van der Waals surface area contributed by atoms with Crippen molar-refractivity contribution in [3.05, 3.63) is 53.1 Å². The van der Waals surface area contributed by atoms with Crippen LogP contribution in [0.1, 0.15) is 29.5 Å². The Balaban J connectivity index is 2.01. The van der Waals surface area contributed by atoms with Crippen LogP contribution in [0.3, 0.4) is 0 Å². The number of carbonyl (C=O) groups is 1. The number of amides is 1. The molecule has 1 amide bonds. The first-order valence-corrected chi connectivity index (χ1v) is 11.9. The van der Waals surface area contributed by atoms with Crippen molar-refractivity contribution in [1.82, 2.24) is 4.90 Å². The molecule has 7 nitrogen and oxygen atoms in total. The topological polar surface area (TPSA) is 76.2 Å². The molecule has 31 heavy (non-hydrogen) atoms. The van der Waals surface area contributed by atoms with Crippen LogP contribution in [0.15, 0.2) is 36.4 Å². The van der Waals surface area contributed by atoms with Crippen LogP contribution in [0, 0.1) is 13.8 Å². The van der Waals surface area contributed by atoms with E-state index >= 15 is 0 Å². The highest BCUT2D eigenvalue weighted by Gasteiger charge is 2.20. The zero-order chi connectivity index (χ0) is 23.2. The third-order valence-corrected chi connectivity index (χ3v) is 6.47. The Morgan fingerprint density at radius 3 is 2.32 bits per heavy atom. The van der Waals surface area contributed by atoms with E-state index in [0.29, 0.717) is 30.2 Å². The predicted octanol–water partition coefficient (Wildman–Crippen LogP) is 3.53. The van der Waals surface area contributed by atoms with E-state index in [-0.39, 0.29) is 18.9 Å². The van der Waals surface area contributed by atoms with Crippen molar-refractivity contribution in [3.8, 4) is 11.5 Å². The average molecular weight is 449 g/mol. The molecule has 0 heterocycles. The van der Waals surface area contributed by atoms with Gasteiger partial charge in [0.05, 0.1) is 26.2 Å². The maximum absolute atomic E-state index is 12.6. The molecule has 0 aliphatic rings. The molecule has 0 N–H and O–H groups in total. The van der Waals surface area contributed by atoms with Gasteiger partial charge in [-0.15, -0.1) is 0 Å². The third kappa shape index (κ3) is 6.37. The van der Waals surface area contributed by atoms with E-state index < -0.39 is 10.0 Å². The SMILES string of the molecule is COc1ccc(CN(C)C(=O)CCCN(c2cccc(C)c2C)S(C)(=O)=O)cc1OC. The first-order chi connectivity index (χ1) is 14.6. The van der Waals surface area contributed by atoms with Crippen LogP contribution in [0.25, 0.3) is 0 Å². The molecule has 0 radical (unpaired) electrons. The summed E-state index contributed by atoms with van der Waals surface area (Å²) in [6, 6.07) is 11.1. The van der Waals surface area contributed by atoms with Crippen molar-refractivity contribution in [2.24, 2.45) is 0 Å². The molecule has 0 atom stereocenters. The van der Waals surface area contributed by atoms with Gasteiger partial charge in [-0.2, -0.15) is 0 Å². The number of hydrogen-bond donors (Lipinski definition) is 0. The molecule has 0 aliphatic heterocycles. The minimum absolute atomic E-state index is 0.0517. The van der Waals surface area contributed by atoms with Crippen molar-refractivity contribution in [2.75, 3.05) is 38.4 Å². The molecule has 0 aromatic heterocycles. The van der Waals surface area contributed by atoms with Gasteiger partial charge in [0.15, 0.2) is 11.5 Å². The molecule has 2 rings (SSSR count). The summed E-state index contributed by atoms with van der Waals surface area (Å²) in [6.07, 6.45) is 1.87. The van der Waals surface area contributed by atoms with Gasteiger partial charge in [0.1, 0.15) is 0 Å². The molecule has 0 bridgehead atoms. The lowest BCUT2D eigenvalue weighted by Gasteiger charge is -2.25. The van der Waals surface area contributed by atoms with Gasteiger partial charge in [0, 0.05) is 26.6 Å². The molecule has 0 unspecified atom stereocenters. The van der Waals surface area contributed by atoms with Gasteiger partial charge in [-0.1, -0.05) is 18.2 Å². The fourth-order valence-electron chi connectivity index (χ4n) is 3.38. The smallest absolute Gasteiger partial charge is 0.232 e. The van der Waals surface area contributed by atoms with Gasteiger partial charge in [-0.05, 0) is 55.2 Å². The second kappa shape index (κ2) is 10.5. The van der Waals surface area contributed by atoms with Crippen molar-refractivity contribution in [3.63, 3.8) is 0 Å². The van der Waals surface area contributed by atoms with Crippen LogP contribution in [-0.2, 0) is 21.4 Å². The second-order valence-corrected chi connectivity index (χ2v) is 9.50. The molecule has 2 aromatic carbocycles. The molecule has 0 fully saturated rings. The summed E-state index contributed by atoms with van der Waals surface area (Å²) >= 11 is 0. The van der Waals surface area contributed by atoms with E-state index in [1.807, 2.05) is 38.1 Å². The van der Waals surface area contributed by atoms with Crippen molar-refractivity contribution in [2.45, 2.75) is 33.2 Å². The van der Waals surface area contributed by atoms with E-state index in [0.717, 1.165) is 16.7 Å². The average Bonchev–Trinajstić information content (AvgIpc) is 2.72. The summed E-state index contributed by atoms with van der Waals surface area (Å²) in [5.41, 5.74) is 3.52. The number of hydrogen-bond acceptors (Lipinski definition) is 5. The molecular formula is C23H32N2O5S. The quantitative estimate of drug-likeness (QED) is 0.556. The van der Waals surface area contributed by atoms with E-state index in [1.165, 1.54) is 10.6 Å². The lowest BCUT2D eigenvalue weighted by Crippen LogP contribution is -2.33. The molecule has 2 aromatic rings. The number of benzene rings is 2. The summed E-state index contributed by atoms with van der Waals surface area (Å²) in [5.74, 6) is 1.19. The Labute approximate surface area is 185 Å². The van der Waals surface area contributed by atoms with Crippen LogP contribution < -0.4 is 13.8 Å². The summed E-state index contributed by atoms with van der Waals surface area (Å²) in [4.78, 5) is 14.2. The summed E-state index contributed by atoms with van der Waals surface area (Å²) in [6.45, 7) is 4.53. The van der Waals surface area contributed by atoms with E-state index in [2.05, 4.69) is 0 Å². The number of sulfonamides is 1. The van der Waals surface area contributed by atoms with Gasteiger partial charge < -0.3 is 14.4 Å². The van der Waals surface area contributed by atoms with Crippen LogP contribution >= 0.6 is 0 Å². The monoisotopic (exact) mass is 448 g/mol. The van der Waals surface area contributed by atoms with E-state index in [9.17, 15) is 13.2 Å². The number of aryl methyl sites for hydroxylation is 1. The van der Waals surface area contributed by atoms with Crippen molar-refractivity contribution in [1.29, 1.82) is 0 Å². The van der Waals surface area contributed by atoms with Crippen LogP contribution in [0.5, 0.6) is 11.5 Å². The minimum Gasteiger partial charge on any atom is -0.493 e. The lowest BCUT2D eigenvalue weighted by atomic mass is 10.1. The Hall–Kier alpha value is -2.74. The molecule has 0 aliphatic carbocycles. The van der Waals surface area contributed by atoms with Crippen molar-refractivity contribution < 1.29 is 22.7 Å². The molecule has 170 valence electrons. The number of anilines is 1. The number of methoxy groups -OCH3 is 2.